The van der Waals surface area contributed by atoms with Gasteiger partial charge in [0, 0.05) is 17.8 Å². The molecule has 1 aliphatic carbocycles. The normalized spacial score (nSPS) is 16.2. The van der Waals surface area contributed by atoms with Crippen LogP contribution in [0.15, 0.2) is 24.3 Å². The summed E-state index contributed by atoms with van der Waals surface area (Å²) in [6, 6.07) is 3.49. The minimum atomic E-state index is -4.85. The number of halogens is 3. The zero-order valence-electron chi connectivity index (χ0n) is 9.04. The van der Waals surface area contributed by atoms with Crippen LogP contribution >= 0.6 is 0 Å². The van der Waals surface area contributed by atoms with E-state index in [1.54, 1.807) is 12.1 Å². The molecule has 0 unspecified atom stereocenters. The van der Waals surface area contributed by atoms with Crippen molar-refractivity contribution < 1.29 is 64.3 Å². The molecule has 16 heavy (non-hydrogen) atoms. The van der Waals surface area contributed by atoms with Crippen LogP contribution in [0.5, 0.6) is 0 Å². The van der Waals surface area contributed by atoms with Gasteiger partial charge in [-0.2, -0.15) is 0 Å². The van der Waals surface area contributed by atoms with Crippen molar-refractivity contribution in [2.75, 3.05) is 0 Å². The largest absolute Gasteiger partial charge is 1.00 e. The van der Waals surface area contributed by atoms with Gasteiger partial charge in [0.2, 0.25) is 0 Å². The SMILES string of the molecule is F[B-](F)(F)/C=C/c1ccc(C2CC2)nc1.[K+]. The number of nitrogens with zero attached hydrogens (tertiary/aromatic N) is 1. The molecule has 0 saturated heterocycles. The van der Waals surface area contributed by atoms with E-state index in [0.717, 1.165) is 24.6 Å². The van der Waals surface area contributed by atoms with Crippen molar-refractivity contribution in [3.05, 3.63) is 35.6 Å². The van der Waals surface area contributed by atoms with Crippen molar-refractivity contribution >= 4 is 13.1 Å². The van der Waals surface area contributed by atoms with Gasteiger partial charge in [-0.15, -0.1) is 5.98 Å². The second kappa shape index (κ2) is 5.82. The molecule has 2 rings (SSSR count). The van der Waals surface area contributed by atoms with E-state index in [1.807, 2.05) is 0 Å². The number of pyridine rings is 1. The fourth-order valence-electron chi connectivity index (χ4n) is 1.36. The van der Waals surface area contributed by atoms with Crippen molar-refractivity contribution in [1.29, 1.82) is 0 Å². The van der Waals surface area contributed by atoms with Gasteiger partial charge in [-0.3, -0.25) is 4.98 Å². The van der Waals surface area contributed by atoms with Crippen LogP contribution in [0.4, 0.5) is 12.9 Å². The van der Waals surface area contributed by atoms with Crippen LogP contribution in [0.2, 0.25) is 0 Å². The third-order valence-electron chi connectivity index (χ3n) is 2.31. The topological polar surface area (TPSA) is 12.9 Å². The Kier molecular flexibility index (Phi) is 5.25. The van der Waals surface area contributed by atoms with E-state index in [0.29, 0.717) is 11.5 Å². The van der Waals surface area contributed by atoms with E-state index in [4.69, 9.17) is 0 Å². The Hall–Kier alpha value is 0.381. The summed E-state index contributed by atoms with van der Waals surface area (Å²) in [6.45, 7) is -4.85. The maximum absolute atomic E-state index is 11.9. The second-order valence-electron chi connectivity index (χ2n) is 3.78. The van der Waals surface area contributed by atoms with E-state index < -0.39 is 6.98 Å². The van der Waals surface area contributed by atoms with E-state index in [1.165, 1.54) is 6.20 Å². The first-order valence-corrected chi connectivity index (χ1v) is 4.90. The Morgan fingerprint density at radius 1 is 1.25 bits per heavy atom. The minimum Gasteiger partial charge on any atom is -0.445 e. The molecule has 1 fully saturated rings. The summed E-state index contributed by atoms with van der Waals surface area (Å²) >= 11 is 0. The van der Waals surface area contributed by atoms with Crippen molar-refractivity contribution in [1.82, 2.24) is 4.98 Å². The van der Waals surface area contributed by atoms with Crippen LogP contribution in [-0.4, -0.2) is 12.0 Å². The van der Waals surface area contributed by atoms with Crippen molar-refractivity contribution in [3.63, 3.8) is 0 Å². The van der Waals surface area contributed by atoms with Crippen LogP contribution < -0.4 is 51.4 Å². The molecule has 0 amide bonds. The molecular formula is C10H10BF3KN. The summed E-state index contributed by atoms with van der Waals surface area (Å²) in [5.74, 6) is 0.822. The average molecular weight is 251 g/mol. The van der Waals surface area contributed by atoms with Gasteiger partial charge >= 0.3 is 58.4 Å². The monoisotopic (exact) mass is 251 g/mol. The molecule has 1 aliphatic rings. The first-order chi connectivity index (χ1) is 7.04. The molecule has 0 aromatic carbocycles. The Labute approximate surface area is 135 Å². The van der Waals surface area contributed by atoms with Gasteiger partial charge < -0.3 is 12.9 Å². The summed E-state index contributed by atoms with van der Waals surface area (Å²) in [7, 11) is 0. The Balaban J connectivity index is 0.00000128. The van der Waals surface area contributed by atoms with Crippen molar-refractivity contribution in [2.45, 2.75) is 18.8 Å². The molecule has 80 valence electrons. The van der Waals surface area contributed by atoms with Crippen LogP contribution in [-0.2, 0) is 0 Å². The molecule has 1 nitrogen and oxygen atoms in total. The smallest absolute Gasteiger partial charge is 0.445 e. The minimum absolute atomic E-state index is 0. The van der Waals surface area contributed by atoms with E-state index in [-0.39, 0.29) is 57.4 Å². The van der Waals surface area contributed by atoms with Crippen LogP contribution in [0.25, 0.3) is 6.08 Å². The van der Waals surface area contributed by atoms with Gasteiger partial charge in [-0.1, -0.05) is 12.1 Å². The van der Waals surface area contributed by atoms with Gasteiger partial charge in [0.05, 0.1) is 0 Å². The molecule has 1 saturated carbocycles. The molecule has 6 heteroatoms. The standard InChI is InChI=1S/C10H10BF3N.K/c12-11(13,14)6-5-8-1-4-10(15-7-8)9-2-3-9;/h1,4-7,9H,2-3H2;/q-1;+1/b6-5+;. The quantitative estimate of drug-likeness (QED) is 0.707. The number of aromatic nitrogens is 1. The molecule has 0 spiro atoms. The molecular weight excluding hydrogens is 241 g/mol. The summed E-state index contributed by atoms with van der Waals surface area (Å²) in [5, 5.41) is 0. The van der Waals surface area contributed by atoms with Gasteiger partial charge in [-0.25, -0.2) is 0 Å². The second-order valence-corrected chi connectivity index (χ2v) is 3.78. The van der Waals surface area contributed by atoms with E-state index in [9.17, 15) is 12.9 Å². The van der Waals surface area contributed by atoms with E-state index >= 15 is 0 Å². The number of rotatable bonds is 3. The number of hydrogen-bond acceptors (Lipinski definition) is 1. The fraction of sp³-hybridized carbons (Fsp3) is 0.300. The summed E-state index contributed by atoms with van der Waals surface area (Å²) in [4.78, 5) is 4.13. The van der Waals surface area contributed by atoms with Gasteiger partial charge in [0.15, 0.2) is 0 Å². The predicted molar refractivity (Wildman–Crippen MR) is 54.3 cm³/mol. The molecule has 1 aromatic rings. The van der Waals surface area contributed by atoms with Crippen LogP contribution in [0.3, 0.4) is 0 Å². The van der Waals surface area contributed by atoms with Gasteiger partial charge in [0.25, 0.3) is 0 Å². The molecule has 0 aliphatic heterocycles. The summed E-state index contributed by atoms with van der Waals surface area (Å²) in [5.41, 5.74) is 1.49. The van der Waals surface area contributed by atoms with Gasteiger partial charge in [0.1, 0.15) is 0 Å². The maximum atomic E-state index is 11.9. The van der Waals surface area contributed by atoms with E-state index in [2.05, 4.69) is 4.98 Å². The fourth-order valence-corrected chi connectivity index (χ4v) is 1.36. The Bertz CT molecular complexity index is 371. The van der Waals surface area contributed by atoms with Gasteiger partial charge in [-0.05, 0) is 24.5 Å². The molecule has 0 bridgehead atoms. The van der Waals surface area contributed by atoms with Crippen molar-refractivity contribution in [3.8, 4) is 0 Å². The Morgan fingerprint density at radius 2 is 1.94 bits per heavy atom. The maximum Gasteiger partial charge on any atom is 1.00 e. The first-order valence-electron chi connectivity index (χ1n) is 4.90. The van der Waals surface area contributed by atoms with Crippen LogP contribution in [0, 0.1) is 0 Å². The molecule has 0 atom stereocenters. The Morgan fingerprint density at radius 3 is 2.38 bits per heavy atom. The zero-order chi connectivity index (χ0) is 10.9. The average Bonchev–Trinajstić information content (AvgIpc) is 2.98. The third kappa shape index (κ3) is 4.71. The van der Waals surface area contributed by atoms with Crippen molar-refractivity contribution in [2.24, 2.45) is 0 Å². The first kappa shape index (κ1) is 14.4. The summed E-state index contributed by atoms with van der Waals surface area (Å²) < 4.78 is 35.7. The number of hydrogen-bond donors (Lipinski definition) is 0. The summed E-state index contributed by atoms with van der Waals surface area (Å²) in [6.07, 6.45) is 4.84. The molecule has 0 N–H and O–H groups in total. The zero-order valence-corrected chi connectivity index (χ0v) is 12.2. The molecule has 1 aromatic heterocycles. The molecule has 0 radical (unpaired) electrons. The van der Waals surface area contributed by atoms with Crippen LogP contribution in [0.1, 0.15) is 30.0 Å². The molecule has 1 heterocycles. The third-order valence-corrected chi connectivity index (χ3v) is 2.31. The predicted octanol–water partition coefficient (Wildman–Crippen LogP) is 0.363.